The fraction of sp³-hybridized carbons (Fsp3) is 0.250. The Kier molecular flexibility index (Phi) is 5.41. The van der Waals surface area contributed by atoms with Crippen LogP contribution in [-0.2, 0) is 16.0 Å². The topological polar surface area (TPSA) is 65.2 Å². The average Bonchev–Trinajstić information content (AvgIpc) is 3.12. The molecule has 0 spiro atoms. The molecule has 1 aromatic heterocycles. The largest absolute Gasteiger partial charge is 0.453 e. The van der Waals surface area contributed by atoms with E-state index in [1.165, 1.54) is 12.1 Å². The predicted octanol–water partition coefficient (Wildman–Crippen LogP) is 4.42. The molecule has 6 heteroatoms. The maximum Gasteiger partial charge on any atom is 0.306 e. The van der Waals surface area contributed by atoms with E-state index in [0.29, 0.717) is 12.3 Å². The van der Waals surface area contributed by atoms with Crippen molar-refractivity contribution in [1.82, 2.24) is 10.2 Å². The van der Waals surface area contributed by atoms with Crippen LogP contribution in [0.5, 0.6) is 0 Å². The van der Waals surface area contributed by atoms with Crippen LogP contribution in [0, 0.1) is 12.7 Å². The first-order chi connectivity index (χ1) is 12.5. The molecule has 5 nitrogen and oxygen atoms in total. The molecule has 1 unspecified atom stereocenters. The van der Waals surface area contributed by atoms with Crippen LogP contribution in [0.2, 0.25) is 0 Å². The summed E-state index contributed by atoms with van der Waals surface area (Å²) < 4.78 is 23.8. The fourth-order valence-corrected chi connectivity index (χ4v) is 2.42. The van der Waals surface area contributed by atoms with Crippen molar-refractivity contribution >= 4 is 5.97 Å². The number of carbonyl (C=O) groups excluding carboxylic acids is 1. The summed E-state index contributed by atoms with van der Waals surface area (Å²) in [6, 6.07) is 13.7. The highest BCUT2D eigenvalue weighted by atomic mass is 19.1. The lowest BCUT2D eigenvalue weighted by Crippen LogP contribution is -2.10. The number of benzene rings is 2. The molecule has 0 saturated carbocycles. The van der Waals surface area contributed by atoms with Crippen molar-refractivity contribution in [2.45, 2.75) is 32.8 Å². The van der Waals surface area contributed by atoms with Gasteiger partial charge in [0.2, 0.25) is 5.89 Å². The van der Waals surface area contributed by atoms with Crippen molar-refractivity contribution in [2.24, 2.45) is 0 Å². The Morgan fingerprint density at radius 2 is 1.81 bits per heavy atom. The van der Waals surface area contributed by atoms with Crippen LogP contribution >= 0.6 is 0 Å². The van der Waals surface area contributed by atoms with Crippen molar-refractivity contribution in [3.8, 4) is 11.5 Å². The number of esters is 1. The summed E-state index contributed by atoms with van der Waals surface area (Å²) in [6.45, 7) is 3.68. The normalized spacial score (nSPS) is 12.0. The molecule has 1 heterocycles. The van der Waals surface area contributed by atoms with Crippen LogP contribution in [0.4, 0.5) is 4.39 Å². The third-order valence-electron chi connectivity index (χ3n) is 3.93. The first-order valence-corrected chi connectivity index (χ1v) is 8.35. The predicted molar refractivity (Wildman–Crippen MR) is 93.7 cm³/mol. The van der Waals surface area contributed by atoms with Gasteiger partial charge in [0.15, 0.2) is 6.10 Å². The summed E-state index contributed by atoms with van der Waals surface area (Å²) in [7, 11) is 0. The quantitative estimate of drug-likeness (QED) is 0.613. The number of halogens is 1. The second-order valence-electron chi connectivity index (χ2n) is 6.07. The number of aryl methyl sites for hydroxylation is 2. The molecule has 2 aromatic carbocycles. The first kappa shape index (κ1) is 17.8. The van der Waals surface area contributed by atoms with Gasteiger partial charge in [-0.3, -0.25) is 4.79 Å². The highest BCUT2D eigenvalue weighted by Crippen LogP contribution is 2.23. The van der Waals surface area contributed by atoms with Gasteiger partial charge in [-0.1, -0.05) is 29.8 Å². The van der Waals surface area contributed by atoms with E-state index in [2.05, 4.69) is 10.2 Å². The number of hydrogen-bond acceptors (Lipinski definition) is 5. The van der Waals surface area contributed by atoms with E-state index in [0.717, 1.165) is 16.7 Å². The van der Waals surface area contributed by atoms with Gasteiger partial charge in [-0.25, -0.2) is 4.39 Å². The van der Waals surface area contributed by atoms with Crippen molar-refractivity contribution in [3.05, 3.63) is 71.4 Å². The summed E-state index contributed by atoms with van der Waals surface area (Å²) in [6.07, 6.45) is 0.0292. The summed E-state index contributed by atoms with van der Waals surface area (Å²) in [4.78, 5) is 12.0. The summed E-state index contributed by atoms with van der Waals surface area (Å²) in [5.74, 6) is -0.0486. The number of nitrogens with zero attached hydrogens (tertiary/aromatic N) is 2. The molecule has 1 atom stereocenters. The Hall–Kier alpha value is -3.02. The second kappa shape index (κ2) is 7.91. The highest BCUT2D eigenvalue weighted by molar-refractivity contribution is 5.70. The van der Waals surface area contributed by atoms with Gasteiger partial charge < -0.3 is 9.15 Å². The molecular weight excluding hydrogens is 335 g/mol. The molecular formula is C20H19FN2O3. The zero-order chi connectivity index (χ0) is 18.5. The van der Waals surface area contributed by atoms with Crippen molar-refractivity contribution in [2.75, 3.05) is 0 Å². The van der Waals surface area contributed by atoms with Crippen molar-refractivity contribution in [3.63, 3.8) is 0 Å². The van der Waals surface area contributed by atoms with E-state index < -0.39 is 6.10 Å². The molecule has 0 saturated heterocycles. The van der Waals surface area contributed by atoms with E-state index in [-0.39, 0.29) is 24.1 Å². The molecule has 0 amide bonds. The minimum atomic E-state index is -0.637. The lowest BCUT2D eigenvalue weighted by Gasteiger charge is -2.09. The van der Waals surface area contributed by atoms with Gasteiger partial charge in [0.25, 0.3) is 5.89 Å². The molecule has 0 N–H and O–H groups in total. The van der Waals surface area contributed by atoms with E-state index in [4.69, 9.17) is 9.15 Å². The molecule has 134 valence electrons. The smallest absolute Gasteiger partial charge is 0.306 e. The second-order valence-corrected chi connectivity index (χ2v) is 6.07. The average molecular weight is 354 g/mol. The van der Waals surface area contributed by atoms with Crippen LogP contribution in [0.3, 0.4) is 0 Å². The van der Waals surface area contributed by atoms with Gasteiger partial charge in [0, 0.05) is 12.0 Å². The van der Waals surface area contributed by atoms with E-state index >= 15 is 0 Å². The van der Waals surface area contributed by atoms with Crippen molar-refractivity contribution in [1.29, 1.82) is 0 Å². The Morgan fingerprint density at radius 1 is 1.12 bits per heavy atom. The van der Waals surface area contributed by atoms with Crippen LogP contribution in [0.25, 0.3) is 11.5 Å². The SMILES string of the molecule is Cc1ccc(-c2nnc(C(C)OC(=O)CCc3ccc(F)cc3)o2)cc1. The van der Waals surface area contributed by atoms with Crippen molar-refractivity contribution < 1.29 is 18.3 Å². The van der Waals surface area contributed by atoms with E-state index in [1.54, 1.807) is 19.1 Å². The van der Waals surface area contributed by atoms with Gasteiger partial charge in [-0.05, 0) is 50.1 Å². The minimum Gasteiger partial charge on any atom is -0.453 e. The molecule has 0 aliphatic carbocycles. The van der Waals surface area contributed by atoms with Gasteiger partial charge in [-0.2, -0.15) is 0 Å². The van der Waals surface area contributed by atoms with Crippen LogP contribution < -0.4 is 0 Å². The Morgan fingerprint density at radius 3 is 2.50 bits per heavy atom. The van der Waals surface area contributed by atoms with Gasteiger partial charge >= 0.3 is 5.97 Å². The standard InChI is InChI=1S/C20H19FN2O3/c1-13-3-8-16(9-4-13)20-23-22-19(26-20)14(2)25-18(24)12-7-15-5-10-17(21)11-6-15/h3-6,8-11,14H,7,12H2,1-2H3. The molecule has 3 aromatic rings. The maximum atomic E-state index is 12.9. The van der Waals surface area contributed by atoms with Gasteiger partial charge in [-0.15, -0.1) is 10.2 Å². The highest BCUT2D eigenvalue weighted by Gasteiger charge is 2.19. The molecule has 0 bridgehead atoms. The lowest BCUT2D eigenvalue weighted by atomic mass is 10.1. The zero-order valence-electron chi connectivity index (χ0n) is 14.6. The molecule has 3 rings (SSSR count). The van der Waals surface area contributed by atoms with Crippen LogP contribution in [-0.4, -0.2) is 16.2 Å². The third-order valence-corrected chi connectivity index (χ3v) is 3.93. The molecule has 0 fully saturated rings. The molecule has 0 aliphatic rings. The molecule has 0 aliphatic heterocycles. The maximum absolute atomic E-state index is 12.9. The monoisotopic (exact) mass is 354 g/mol. The fourth-order valence-electron chi connectivity index (χ4n) is 2.42. The lowest BCUT2D eigenvalue weighted by molar-refractivity contribution is -0.149. The first-order valence-electron chi connectivity index (χ1n) is 8.35. The summed E-state index contributed by atoms with van der Waals surface area (Å²) in [5.41, 5.74) is 2.82. The third kappa shape index (κ3) is 4.53. The Balaban J connectivity index is 1.55. The Labute approximate surface area is 150 Å². The van der Waals surface area contributed by atoms with Crippen LogP contribution in [0.15, 0.2) is 52.9 Å². The molecule has 0 radical (unpaired) electrons. The minimum absolute atomic E-state index is 0.189. The van der Waals surface area contributed by atoms with E-state index in [9.17, 15) is 9.18 Å². The number of hydrogen-bond donors (Lipinski definition) is 0. The molecule has 26 heavy (non-hydrogen) atoms. The van der Waals surface area contributed by atoms with E-state index in [1.807, 2.05) is 31.2 Å². The van der Waals surface area contributed by atoms with Gasteiger partial charge in [0.05, 0.1) is 0 Å². The summed E-state index contributed by atoms with van der Waals surface area (Å²) in [5, 5.41) is 7.96. The van der Waals surface area contributed by atoms with Crippen LogP contribution in [0.1, 0.15) is 36.5 Å². The zero-order valence-corrected chi connectivity index (χ0v) is 14.6. The number of rotatable bonds is 6. The number of ether oxygens (including phenoxy) is 1. The summed E-state index contributed by atoms with van der Waals surface area (Å²) >= 11 is 0. The Bertz CT molecular complexity index is 873. The van der Waals surface area contributed by atoms with Gasteiger partial charge in [0.1, 0.15) is 5.82 Å². The number of aromatic nitrogens is 2. The number of carbonyl (C=O) groups is 1.